The molecule has 0 radical (unpaired) electrons. The van der Waals surface area contributed by atoms with Crippen molar-refractivity contribution >= 4 is 53.0 Å². The minimum absolute atomic E-state index is 0. The summed E-state index contributed by atoms with van der Waals surface area (Å²) in [6.45, 7) is 2.83. The Bertz CT molecular complexity index is 1640. The number of aryl methyl sites for hydroxylation is 1. The van der Waals surface area contributed by atoms with Crippen molar-refractivity contribution in [2.45, 2.75) is 57.3 Å². The van der Waals surface area contributed by atoms with Crippen molar-refractivity contribution in [3.05, 3.63) is 86.9 Å². The van der Waals surface area contributed by atoms with Gasteiger partial charge < -0.3 is 10.8 Å². The van der Waals surface area contributed by atoms with Gasteiger partial charge in [-0.25, -0.2) is 4.98 Å². The second-order valence-electron chi connectivity index (χ2n) is 11.2. The van der Waals surface area contributed by atoms with Crippen molar-refractivity contribution in [3.8, 4) is 11.3 Å². The van der Waals surface area contributed by atoms with E-state index in [1.165, 1.54) is 28.5 Å². The summed E-state index contributed by atoms with van der Waals surface area (Å²) in [5.41, 5.74) is 11.8. The molecule has 224 valence electrons. The second kappa shape index (κ2) is 13.3. The number of aliphatic hydroxyl groups is 1. The summed E-state index contributed by atoms with van der Waals surface area (Å²) in [4.78, 5) is 20.3. The number of likely N-dealkylation sites (tertiary alicyclic amines) is 1. The van der Waals surface area contributed by atoms with E-state index in [2.05, 4.69) is 39.3 Å². The molecular weight excluding hydrogens is 595 g/mol. The maximum Gasteiger partial charge on any atom is 0.281 e. The monoisotopic (exact) mass is 630 g/mol. The summed E-state index contributed by atoms with van der Waals surface area (Å²) in [5.74, 6) is 0. The molecule has 0 amide bonds. The first-order valence-electron chi connectivity index (χ1n) is 14.0. The van der Waals surface area contributed by atoms with E-state index in [-0.39, 0.29) is 36.9 Å². The molecule has 0 saturated carbocycles. The van der Waals surface area contributed by atoms with Crippen molar-refractivity contribution < 1.29 is 5.11 Å². The maximum atomic E-state index is 13.4. The van der Waals surface area contributed by atoms with Crippen LogP contribution in [0.1, 0.15) is 48.8 Å². The molecule has 1 saturated heterocycles. The van der Waals surface area contributed by atoms with Gasteiger partial charge in [0.15, 0.2) is 5.52 Å². The first-order chi connectivity index (χ1) is 19.3. The Labute approximate surface area is 263 Å². The highest BCUT2D eigenvalue weighted by atomic mass is 35.5. The zero-order valence-electron chi connectivity index (χ0n) is 23.6. The predicted octanol–water partition coefficient (Wildman–Crippen LogP) is 5.35. The van der Waals surface area contributed by atoms with Crippen LogP contribution in [0, 0.1) is 0 Å². The lowest BCUT2D eigenvalue weighted by Crippen LogP contribution is -2.47. The summed E-state index contributed by atoms with van der Waals surface area (Å²) in [5, 5.41) is 16.7. The van der Waals surface area contributed by atoms with E-state index >= 15 is 0 Å². The van der Waals surface area contributed by atoms with Crippen molar-refractivity contribution in [1.82, 2.24) is 24.2 Å². The number of benzene rings is 2. The van der Waals surface area contributed by atoms with Crippen LogP contribution in [0.5, 0.6) is 0 Å². The number of allylic oxidation sites excluding steroid dienone is 2. The van der Waals surface area contributed by atoms with E-state index in [0.717, 1.165) is 59.9 Å². The maximum absolute atomic E-state index is 13.4. The standard InChI is InChI=1S/C31H35ClN6O2.2ClH/c1-36-29(23-8-6-21(17-33)7-9-23)27-28(35-36)30(39)38(20-34-27)19-31(40)12-14-37(15-13-31)18-25-11-10-24(16-26(25)32)22-4-2-3-5-22;;/h4,6-11,16,20,40H,2-3,5,12-15,17-19,33H2,1H3;2*1H. The van der Waals surface area contributed by atoms with Crippen LogP contribution in [0.4, 0.5) is 0 Å². The van der Waals surface area contributed by atoms with E-state index in [1.807, 2.05) is 31.3 Å². The lowest BCUT2D eigenvalue weighted by molar-refractivity contribution is -0.0364. The smallest absolute Gasteiger partial charge is 0.281 e. The topological polar surface area (TPSA) is 102 Å². The van der Waals surface area contributed by atoms with E-state index in [1.54, 1.807) is 4.68 Å². The average molecular weight is 632 g/mol. The Morgan fingerprint density at radius 3 is 2.40 bits per heavy atom. The molecule has 2 aromatic carbocycles. The molecule has 2 aliphatic rings. The van der Waals surface area contributed by atoms with Crippen LogP contribution in [0.25, 0.3) is 27.9 Å². The molecule has 0 atom stereocenters. The van der Waals surface area contributed by atoms with Crippen molar-refractivity contribution in [2.75, 3.05) is 13.1 Å². The third kappa shape index (κ3) is 6.44. The highest BCUT2D eigenvalue weighted by Crippen LogP contribution is 2.32. The Morgan fingerprint density at radius 2 is 1.76 bits per heavy atom. The third-order valence-electron chi connectivity index (χ3n) is 8.39. The van der Waals surface area contributed by atoms with Gasteiger partial charge >= 0.3 is 0 Å². The average Bonchev–Trinajstić information content (AvgIpc) is 3.61. The number of nitrogens with two attached hydrogens (primary N) is 1. The molecule has 1 aliphatic heterocycles. The lowest BCUT2D eigenvalue weighted by Gasteiger charge is -2.38. The van der Waals surface area contributed by atoms with Crippen molar-refractivity contribution in [3.63, 3.8) is 0 Å². The minimum Gasteiger partial charge on any atom is -0.388 e. The zero-order valence-corrected chi connectivity index (χ0v) is 26.0. The largest absolute Gasteiger partial charge is 0.388 e. The number of hydrogen-bond donors (Lipinski definition) is 2. The van der Waals surface area contributed by atoms with Gasteiger partial charge in [-0.15, -0.1) is 24.8 Å². The Kier molecular flexibility index (Phi) is 10.2. The summed E-state index contributed by atoms with van der Waals surface area (Å²) < 4.78 is 3.19. The first kappa shape index (κ1) is 32.2. The fourth-order valence-electron chi connectivity index (χ4n) is 5.98. The van der Waals surface area contributed by atoms with E-state index < -0.39 is 5.60 Å². The van der Waals surface area contributed by atoms with Crippen LogP contribution in [-0.2, 0) is 26.7 Å². The van der Waals surface area contributed by atoms with Crippen molar-refractivity contribution in [1.29, 1.82) is 0 Å². The molecule has 6 rings (SSSR count). The number of nitrogens with zero attached hydrogens (tertiary/aromatic N) is 5. The number of hydrogen-bond acceptors (Lipinski definition) is 6. The van der Waals surface area contributed by atoms with E-state index in [0.29, 0.717) is 30.4 Å². The number of fused-ring (bicyclic) bond motifs is 1. The van der Waals surface area contributed by atoms with E-state index in [4.69, 9.17) is 17.3 Å². The number of aromatic nitrogens is 4. The zero-order chi connectivity index (χ0) is 27.9. The van der Waals surface area contributed by atoms with Gasteiger partial charge in [0.2, 0.25) is 0 Å². The van der Waals surface area contributed by atoms with Crippen LogP contribution in [0.15, 0.2) is 59.7 Å². The molecule has 3 N–H and O–H groups in total. The summed E-state index contributed by atoms with van der Waals surface area (Å²) in [7, 11) is 1.81. The number of piperidine rings is 1. The Hall–Kier alpha value is -2.72. The molecule has 42 heavy (non-hydrogen) atoms. The molecule has 8 nitrogen and oxygen atoms in total. The van der Waals surface area contributed by atoms with Crippen LogP contribution < -0.4 is 11.3 Å². The van der Waals surface area contributed by atoms with Crippen LogP contribution >= 0.6 is 36.4 Å². The molecule has 11 heteroatoms. The molecule has 1 fully saturated rings. The summed E-state index contributed by atoms with van der Waals surface area (Å²) in [6, 6.07) is 14.3. The van der Waals surface area contributed by atoms with Gasteiger partial charge in [-0.2, -0.15) is 5.10 Å². The molecule has 0 spiro atoms. The third-order valence-corrected chi connectivity index (χ3v) is 8.74. The lowest BCUT2D eigenvalue weighted by atomic mass is 9.91. The molecular formula is C31H37Cl3N6O2. The van der Waals surface area contributed by atoms with Gasteiger partial charge in [-0.3, -0.25) is 18.9 Å². The first-order valence-corrected chi connectivity index (χ1v) is 14.4. The SMILES string of the molecule is Cl.Cl.Cn1nc2c(=O)n(CC3(O)CCN(Cc4ccc(C5=CCCC5)cc4Cl)CC3)cnc2c1-c1ccc(CN)cc1. The summed E-state index contributed by atoms with van der Waals surface area (Å²) >= 11 is 6.66. The number of rotatable bonds is 7. The minimum atomic E-state index is -0.992. The van der Waals surface area contributed by atoms with Gasteiger partial charge in [-0.1, -0.05) is 54.1 Å². The molecule has 2 aromatic heterocycles. The van der Waals surface area contributed by atoms with Crippen LogP contribution in [0.3, 0.4) is 0 Å². The van der Waals surface area contributed by atoms with Gasteiger partial charge in [0, 0.05) is 43.8 Å². The normalized spacial score (nSPS) is 16.6. The number of halogens is 3. The predicted molar refractivity (Wildman–Crippen MR) is 173 cm³/mol. The van der Waals surface area contributed by atoms with E-state index in [9.17, 15) is 9.90 Å². The molecule has 1 aliphatic carbocycles. The highest BCUT2D eigenvalue weighted by molar-refractivity contribution is 6.31. The van der Waals surface area contributed by atoms with Gasteiger partial charge in [0.05, 0.1) is 24.2 Å². The fraction of sp³-hybridized carbons (Fsp3) is 0.387. The van der Waals surface area contributed by atoms with Gasteiger partial charge in [0.1, 0.15) is 5.52 Å². The fourth-order valence-corrected chi connectivity index (χ4v) is 6.22. The highest BCUT2D eigenvalue weighted by Gasteiger charge is 2.33. The Morgan fingerprint density at radius 1 is 1.05 bits per heavy atom. The van der Waals surface area contributed by atoms with Crippen LogP contribution in [-0.4, -0.2) is 48.0 Å². The second-order valence-corrected chi connectivity index (χ2v) is 11.6. The molecule has 0 bridgehead atoms. The molecule has 3 heterocycles. The van der Waals surface area contributed by atoms with Gasteiger partial charge in [-0.05, 0) is 60.4 Å². The molecule has 0 unspecified atom stereocenters. The van der Waals surface area contributed by atoms with Crippen molar-refractivity contribution in [2.24, 2.45) is 12.8 Å². The van der Waals surface area contributed by atoms with Crippen LogP contribution in [0.2, 0.25) is 5.02 Å². The quantitative estimate of drug-likeness (QED) is 0.285. The van der Waals surface area contributed by atoms with Gasteiger partial charge in [0.25, 0.3) is 5.56 Å². The molecule has 4 aromatic rings. The Balaban J connectivity index is 0.00000202. The summed E-state index contributed by atoms with van der Waals surface area (Å²) in [6.07, 6.45) is 8.44.